The van der Waals surface area contributed by atoms with E-state index in [0.29, 0.717) is 48.6 Å². The van der Waals surface area contributed by atoms with E-state index in [0.717, 1.165) is 43.7 Å². The van der Waals surface area contributed by atoms with Gasteiger partial charge in [-0.05, 0) is 56.1 Å². The SMILES string of the molecule is Cc1cc(CN2CCN(Cc3ccccc3)CCCN(Cc3cc(C)cc([N+](=O)C(CO)CO)c3O)CC2)c(O)c(C(=O)NC(CO)CO)c1. The van der Waals surface area contributed by atoms with Gasteiger partial charge in [-0.3, -0.25) is 19.5 Å². The van der Waals surface area contributed by atoms with Crippen LogP contribution in [0.5, 0.6) is 11.5 Å². The van der Waals surface area contributed by atoms with E-state index in [1.807, 2.05) is 44.2 Å². The standard InChI is InChI=1S/C37H51N5O8/c1-26-15-29(35(47)33(17-26)37(49)38-31(22-43)23-44)20-41-13-11-39(19-28-7-4-3-5-8-28)9-6-10-40(12-14-41)21-30-16-27(2)18-34(36(30)48)42(50)32(24-45)25-46/h3-5,7-8,15-18,31-32,43-46H,6,9-14,19-25H2,1-2H3,(H2-,38,47,48,49,50)/p+1. The number of aliphatic hydroxyl groups is 4. The van der Waals surface area contributed by atoms with Crippen molar-refractivity contribution in [2.75, 3.05) is 65.7 Å². The first-order chi connectivity index (χ1) is 24.1. The molecule has 7 N–H and O–H groups in total. The highest BCUT2D eigenvalue weighted by atomic mass is 16.3. The Bertz CT molecular complexity index is 1570. The monoisotopic (exact) mass is 694 g/mol. The fourth-order valence-electron chi connectivity index (χ4n) is 6.30. The highest BCUT2D eigenvalue weighted by molar-refractivity contribution is 5.97. The lowest BCUT2D eigenvalue weighted by molar-refractivity contribution is -0.514. The maximum absolute atomic E-state index is 13.0. The number of nitroso groups, excluding NO2 is 1. The lowest BCUT2D eigenvalue weighted by Crippen LogP contribution is -2.42. The van der Waals surface area contributed by atoms with Crippen LogP contribution in [0.2, 0.25) is 0 Å². The van der Waals surface area contributed by atoms with Gasteiger partial charge >= 0.3 is 0 Å². The topological polar surface area (TPSA) is 180 Å². The van der Waals surface area contributed by atoms with Gasteiger partial charge in [0.05, 0.1) is 24.8 Å². The number of nitrogens with one attached hydrogen (secondary N) is 1. The number of phenols is 2. The number of phenolic OH excluding ortho intramolecular Hbond substituents is 2. The molecule has 50 heavy (non-hydrogen) atoms. The maximum atomic E-state index is 13.0. The van der Waals surface area contributed by atoms with Crippen molar-refractivity contribution >= 4 is 11.6 Å². The second-order valence-electron chi connectivity index (χ2n) is 13.2. The second-order valence-corrected chi connectivity index (χ2v) is 13.2. The number of aromatic hydroxyl groups is 2. The van der Waals surface area contributed by atoms with Gasteiger partial charge in [0.1, 0.15) is 19.0 Å². The molecule has 3 aromatic rings. The molecule has 1 fully saturated rings. The molecule has 0 aliphatic carbocycles. The average molecular weight is 695 g/mol. The van der Waals surface area contributed by atoms with Gasteiger partial charge in [0.2, 0.25) is 0 Å². The van der Waals surface area contributed by atoms with Gasteiger partial charge in [0.15, 0.2) is 5.75 Å². The molecule has 13 nitrogen and oxygen atoms in total. The Balaban J connectivity index is 1.60. The summed E-state index contributed by atoms with van der Waals surface area (Å²) in [5.41, 5.74) is 3.97. The normalized spacial score (nSPS) is 15.4. The Hall–Kier alpha value is -3.95. The maximum Gasteiger partial charge on any atom is 0.298 e. The summed E-state index contributed by atoms with van der Waals surface area (Å²) in [4.78, 5) is 32.8. The van der Waals surface area contributed by atoms with Crippen LogP contribution in [0.4, 0.5) is 5.69 Å². The van der Waals surface area contributed by atoms with Crippen LogP contribution < -0.4 is 5.32 Å². The molecule has 0 unspecified atom stereocenters. The smallest absolute Gasteiger partial charge is 0.298 e. The van der Waals surface area contributed by atoms with Crippen LogP contribution in [0, 0.1) is 18.8 Å². The van der Waals surface area contributed by atoms with Crippen molar-refractivity contribution in [2.45, 2.75) is 52.0 Å². The third kappa shape index (κ3) is 10.5. The molecule has 1 saturated heterocycles. The van der Waals surface area contributed by atoms with E-state index in [1.165, 1.54) is 5.56 Å². The Morgan fingerprint density at radius 1 is 0.720 bits per heavy atom. The lowest BCUT2D eigenvalue weighted by atomic mass is 10.0. The fourth-order valence-corrected chi connectivity index (χ4v) is 6.30. The number of benzene rings is 3. The van der Waals surface area contributed by atoms with Crippen molar-refractivity contribution in [1.82, 2.24) is 20.0 Å². The summed E-state index contributed by atoms with van der Waals surface area (Å²) < 4.78 is 0.467. The van der Waals surface area contributed by atoms with E-state index >= 15 is 0 Å². The largest absolute Gasteiger partial charge is 0.507 e. The summed E-state index contributed by atoms with van der Waals surface area (Å²) in [7, 11) is 0. The molecule has 272 valence electrons. The number of aliphatic hydroxyl groups excluding tert-OH is 4. The van der Waals surface area contributed by atoms with Crippen molar-refractivity contribution in [3.8, 4) is 11.5 Å². The zero-order valence-corrected chi connectivity index (χ0v) is 29.0. The minimum absolute atomic E-state index is 0.00360. The highest BCUT2D eigenvalue weighted by Crippen LogP contribution is 2.33. The summed E-state index contributed by atoms with van der Waals surface area (Å²) in [6, 6.07) is 15.1. The molecule has 0 bridgehead atoms. The van der Waals surface area contributed by atoms with Gasteiger partial charge in [-0.15, -0.1) is 0 Å². The Kier molecular flexibility index (Phi) is 14.7. The summed E-state index contributed by atoms with van der Waals surface area (Å²) in [6.45, 7) is 7.40. The predicted octanol–water partition coefficient (Wildman–Crippen LogP) is 1.77. The number of nitrogens with zero attached hydrogens (tertiary/aromatic N) is 4. The van der Waals surface area contributed by atoms with Crippen LogP contribution >= 0.6 is 0 Å². The van der Waals surface area contributed by atoms with Crippen molar-refractivity contribution in [1.29, 1.82) is 0 Å². The van der Waals surface area contributed by atoms with Gasteiger partial charge in [-0.25, -0.2) is 0 Å². The van der Waals surface area contributed by atoms with Gasteiger partial charge in [0.25, 0.3) is 17.6 Å². The molecule has 0 saturated carbocycles. The van der Waals surface area contributed by atoms with E-state index in [2.05, 4.69) is 32.1 Å². The van der Waals surface area contributed by atoms with E-state index < -0.39 is 44.4 Å². The molecular formula is C37H52N5O8+. The molecule has 0 aromatic heterocycles. The molecule has 1 amide bonds. The first-order valence-electron chi connectivity index (χ1n) is 17.1. The van der Waals surface area contributed by atoms with Gasteiger partial charge < -0.3 is 36.0 Å². The minimum Gasteiger partial charge on any atom is -0.507 e. The number of rotatable bonds is 14. The molecule has 0 radical (unpaired) electrons. The van der Waals surface area contributed by atoms with Crippen LogP contribution in [-0.4, -0.2) is 134 Å². The van der Waals surface area contributed by atoms with Crippen molar-refractivity contribution < 1.29 is 40.2 Å². The van der Waals surface area contributed by atoms with Crippen molar-refractivity contribution in [2.24, 2.45) is 0 Å². The number of carbonyl (C=O) groups is 1. The fraction of sp³-hybridized carbons (Fsp3) is 0.486. The van der Waals surface area contributed by atoms with Crippen LogP contribution in [-0.2, 0) is 19.6 Å². The average Bonchev–Trinajstić information content (AvgIpc) is 3.11. The van der Waals surface area contributed by atoms with Crippen LogP contribution in [0.15, 0.2) is 54.6 Å². The van der Waals surface area contributed by atoms with Gasteiger partial charge in [-0.1, -0.05) is 42.5 Å². The lowest BCUT2D eigenvalue weighted by Gasteiger charge is -2.33. The third-order valence-electron chi connectivity index (χ3n) is 9.11. The van der Waals surface area contributed by atoms with Crippen LogP contribution in [0.1, 0.15) is 44.6 Å². The van der Waals surface area contributed by atoms with E-state index in [-0.39, 0.29) is 22.7 Å². The third-order valence-corrected chi connectivity index (χ3v) is 9.11. The van der Waals surface area contributed by atoms with E-state index in [1.54, 1.807) is 12.1 Å². The molecule has 0 spiro atoms. The predicted molar refractivity (Wildman–Crippen MR) is 189 cm³/mol. The first kappa shape index (κ1) is 38.8. The number of hydrogen-bond acceptors (Lipinski definition) is 11. The molecular weight excluding hydrogens is 642 g/mol. The summed E-state index contributed by atoms with van der Waals surface area (Å²) >= 11 is 0. The number of amides is 1. The van der Waals surface area contributed by atoms with Crippen LogP contribution in [0.3, 0.4) is 0 Å². The molecule has 13 heteroatoms. The summed E-state index contributed by atoms with van der Waals surface area (Å²) in [5.74, 6) is -0.918. The second kappa shape index (κ2) is 18.9. The number of carbonyl (C=O) groups excluding carboxylic acids is 1. The number of aryl methyl sites for hydroxylation is 2. The molecule has 4 rings (SSSR count). The molecule has 0 atom stereocenters. The molecule has 1 aliphatic heterocycles. The van der Waals surface area contributed by atoms with Crippen molar-refractivity contribution in [3.05, 3.63) is 92.9 Å². The zero-order valence-electron chi connectivity index (χ0n) is 29.0. The summed E-state index contributed by atoms with van der Waals surface area (Å²) in [5, 5.41) is 63.1. The van der Waals surface area contributed by atoms with E-state index in [4.69, 9.17) is 0 Å². The van der Waals surface area contributed by atoms with Gasteiger partial charge in [-0.2, -0.15) is 0 Å². The summed E-state index contributed by atoms with van der Waals surface area (Å²) in [6.07, 6.45) is 0.872. The Morgan fingerprint density at radius 2 is 1.24 bits per heavy atom. The molecule has 3 aromatic carbocycles. The molecule has 1 heterocycles. The minimum atomic E-state index is -1.09. The van der Waals surface area contributed by atoms with Gasteiger partial charge in [0, 0.05) is 72.7 Å². The zero-order chi connectivity index (χ0) is 36.2. The highest BCUT2D eigenvalue weighted by Gasteiger charge is 2.31. The quantitative estimate of drug-likeness (QED) is 0.122. The number of hydrogen-bond donors (Lipinski definition) is 7. The Morgan fingerprint density at radius 3 is 1.80 bits per heavy atom. The first-order valence-corrected chi connectivity index (χ1v) is 17.1. The van der Waals surface area contributed by atoms with E-state index in [9.17, 15) is 40.3 Å². The Labute approximate surface area is 293 Å². The van der Waals surface area contributed by atoms with Crippen molar-refractivity contribution in [3.63, 3.8) is 0 Å². The van der Waals surface area contributed by atoms with Crippen LogP contribution in [0.25, 0.3) is 0 Å². The molecule has 1 aliphatic rings.